The number of hydrogen-bond acceptors (Lipinski definition) is 5. The van der Waals surface area contributed by atoms with Crippen molar-refractivity contribution in [3.05, 3.63) is 108 Å². The molecule has 6 heteroatoms. The zero-order valence-electron chi connectivity index (χ0n) is 17.0. The number of rotatable bonds is 9. The van der Waals surface area contributed by atoms with E-state index < -0.39 is 12.1 Å². The number of nitrogens with one attached hydrogen (secondary N) is 1. The third-order valence-electron chi connectivity index (χ3n) is 4.24. The molecule has 0 atom stereocenters. The minimum Gasteiger partial charge on any atom is -0.487 e. The van der Waals surface area contributed by atoms with Crippen LogP contribution in [0, 0.1) is 0 Å². The molecule has 0 bridgehead atoms. The number of carbonyl (C=O) groups excluding carboxylic acids is 2. The van der Waals surface area contributed by atoms with Gasteiger partial charge in [-0.3, -0.25) is 5.32 Å². The summed E-state index contributed by atoms with van der Waals surface area (Å²) in [5.74, 6) is -0.184. The van der Waals surface area contributed by atoms with Gasteiger partial charge in [-0.25, -0.2) is 9.59 Å². The van der Waals surface area contributed by atoms with Crippen molar-refractivity contribution in [3.8, 4) is 5.75 Å². The van der Waals surface area contributed by atoms with E-state index in [0.29, 0.717) is 17.0 Å². The van der Waals surface area contributed by atoms with Gasteiger partial charge in [0.05, 0.1) is 11.3 Å². The number of hydrogen-bond donors (Lipinski definition) is 1. The molecule has 3 rings (SSSR count). The van der Waals surface area contributed by atoms with Gasteiger partial charge in [-0.2, -0.15) is 0 Å². The summed E-state index contributed by atoms with van der Waals surface area (Å²) in [6, 6.07) is 23.6. The standard InChI is InChI=1S/C25H23NO5/c1-2-15-29-24(27)21-13-14-22(23(16-21)30-17-19-9-5-3-6-10-19)26-25(28)31-18-20-11-7-4-8-12-20/h2-14,16H,1,15,17-18H2,(H,26,28). The van der Waals surface area contributed by atoms with Crippen LogP contribution in [-0.2, 0) is 22.7 Å². The third-order valence-corrected chi connectivity index (χ3v) is 4.24. The molecule has 0 heterocycles. The molecule has 158 valence electrons. The molecular formula is C25H23NO5. The molecule has 3 aromatic carbocycles. The maximum absolute atomic E-state index is 12.3. The van der Waals surface area contributed by atoms with Crippen molar-refractivity contribution in [2.45, 2.75) is 13.2 Å². The van der Waals surface area contributed by atoms with E-state index in [4.69, 9.17) is 14.2 Å². The zero-order valence-corrected chi connectivity index (χ0v) is 17.0. The molecule has 31 heavy (non-hydrogen) atoms. The lowest BCUT2D eigenvalue weighted by molar-refractivity contribution is 0.0549. The first kappa shape index (κ1) is 21.6. The van der Waals surface area contributed by atoms with Crippen LogP contribution in [0.1, 0.15) is 21.5 Å². The maximum Gasteiger partial charge on any atom is 0.412 e. The molecule has 0 saturated carbocycles. The Kier molecular flexibility index (Phi) is 7.83. The number of anilines is 1. The fourth-order valence-electron chi connectivity index (χ4n) is 2.69. The van der Waals surface area contributed by atoms with Crippen LogP contribution in [0.15, 0.2) is 91.5 Å². The average Bonchev–Trinajstić information content (AvgIpc) is 2.82. The highest BCUT2D eigenvalue weighted by molar-refractivity contribution is 5.93. The van der Waals surface area contributed by atoms with Crippen molar-refractivity contribution >= 4 is 17.7 Å². The van der Waals surface area contributed by atoms with E-state index in [0.717, 1.165) is 11.1 Å². The number of esters is 1. The number of carbonyl (C=O) groups is 2. The molecule has 1 amide bonds. The monoisotopic (exact) mass is 417 g/mol. The molecule has 0 spiro atoms. The summed E-state index contributed by atoms with van der Waals surface area (Å²) in [6.45, 7) is 4.03. The van der Waals surface area contributed by atoms with E-state index in [1.165, 1.54) is 12.1 Å². The summed E-state index contributed by atoms with van der Waals surface area (Å²) in [4.78, 5) is 24.5. The lowest BCUT2D eigenvalue weighted by atomic mass is 10.2. The van der Waals surface area contributed by atoms with Crippen LogP contribution in [0.2, 0.25) is 0 Å². The van der Waals surface area contributed by atoms with Gasteiger partial charge in [0.2, 0.25) is 0 Å². The predicted octanol–water partition coefficient (Wildman–Crippen LogP) is 5.36. The van der Waals surface area contributed by atoms with E-state index in [9.17, 15) is 9.59 Å². The first-order chi connectivity index (χ1) is 15.2. The van der Waals surface area contributed by atoms with Crippen molar-refractivity contribution < 1.29 is 23.8 Å². The summed E-state index contributed by atoms with van der Waals surface area (Å²) in [6.07, 6.45) is 0.860. The Bertz CT molecular complexity index is 1020. The molecular weight excluding hydrogens is 394 g/mol. The molecule has 0 aliphatic heterocycles. The number of amides is 1. The molecule has 0 aliphatic carbocycles. The third kappa shape index (κ3) is 6.75. The minimum atomic E-state index is -0.629. The highest BCUT2D eigenvalue weighted by Gasteiger charge is 2.14. The summed E-state index contributed by atoms with van der Waals surface area (Å²) in [5, 5.41) is 2.67. The molecule has 0 saturated heterocycles. The van der Waals surface area contributed by atoms with Gasteiger partial charge in [-0.05, 0) is 29.3 Å². The fraction of sp³-hybridized carbons (Fsp3) is 0.120. The summed E-state index contributed by atoms with van der Waals surface area (Å²) in [5.41, 5.74) is 2.50. The largest absolute Gasteiger partial charge is 0.487 e. The highest BCUT2D eigenvalue weighted by Crippen LogP contribution is 2.28. The Morgan fingerprint density at radius 2 is 1.48 bits per heavy atom. The Morgan fingerprint density at radius 1 is 0.839 bits per heavy atom. The van der Waals surface area contributed by atoms with Gasteiger partial charge >= 0.3 is 12.1 Å². The van der Waals surface area contributed by atoms with Crippen molar-refractivity contribution in [2.75, 3.05) is 11.9 Å². The molecule has 6 nitrogen and oxygen atoms in total. The van der Waals surface area contributed by atoms with Crippen LogP contribution < -0.4 is 10.1 Å². The lowest BCUT2D eigenvalue weighted by Gasteiger charge is -2.14. The molecule has 3 aromatic rings. The summed E-state index contributed by atoms with van der Waals surface area (Å²) < 4.78 is 16.2. The van der Waals surface area contributed by atoms with E-state index >= 15 is 0 Å². The minimum absolute atomic E-state index is 0.102. The Labute approximate surface area is 181 Å². The van der Waals surface area contributed by atoms with Gasteiger partial charge in [-0.1, -0.05) is 73.3 Å². The van der Waals surface area contributed by atoms with Gasteiger partial charge in [0.15, 0.2) is 0 Å². The quantitative estimate of drug-likeness (QED) is 0.375. The van der Waals surface area contributed by atoms with Crippen molar-refractivity contribution in [2.24, 2.45) is 0 Å². The number of ether oxygens (including phenoxy) is 3. The van der Waals surface area contributed by atoms with Crippen molar-refractivity contribution in [1.82, 2.24) is 0 Å². The zero-order chi connectivity index (χ0) is 21.9. The second-order valence-electron chi connectivity index (χ2n) is 6.56. The topological polar surface area (TPSA) is 73.9 Å². The SMILES string of the molecule is C=CCOC(=O)c1ccc(NC(=O)OCc2ccccc2)c(OCc2ccccc2)c1. The summed E-state index contributed by atoms with van der Waals surface area (Å²) >= 11 is 0. The van der Waals surface area contributed by atoms with Crippen LogP contribution in [0.4, 0.5) is 10.5 Å². The molecule has 0 aromatic heterocycles. The Hall–Kier alpha value is -4.06. The normalized spacial score (nSPS) is 10.1. The maximum atomic E-state index is 12.3. The van der Waals surface area contributed by atoms with Crippen LogP contribution in [0.5, 0.6) is 5.75 Å². The summed E-state index contributed by atoms with van der Waals surface area (Å²) in [7, 11) is 0. The van der Waals surface area contributed by atoms with Gasteiger partial charge in [0, 0.05) is 0 Å². The molecule has 0 aliphatic rings. The highest BCUT2D eigenvalue weighted by atomic mass is 16.5. The Balaban J connectivity index is 1.72. The Morgan fingerprint density at radius 3 is 2.13 bits per heavy atom. The first-order valence-electron chi connectivity index (χ1n) is 9.72. The van der Waals surface area contributed by atoms with E-state index in [2.05, 4.69) is 11.9 Å². The second kappa shape index (κ2) is 11.2. The fourth-order valence-corrected chi connectivity index (χ4v) is 2.69. The predicted molar refractivity (Wildman–Crippen MR) is 118 cm³/mol. The average molecular weight is 417 g/mol. The van der Waals surface area contributed by atoms with Gasteiger partial charge < -0.3 is 14.2 Å². The molecule has 0 unspecified atom stereocenters. The van der Waals surface area contributed by atoms with Gasteiger partial charge in [-0.15, -0.1) is 0 Å². The van der Waals surface area contributed by atoms with Crippen molar-refractivity contribution in [3.63, 3.8) is 0 Å². The second-order valence-corrected chi connectivity index (χ2v) is 6.56. The number of benzene rings is 3. The smallest absolute Gasteiger partial charge is 0.412 e. The van der Waals surface area contributed by atoms with Crippen LogP contribution in [0.3, 0.4) is 0 Å². The van der Waals surface area contributed by atoms with Gasteiger partial charge in [0.1, 0.15) is 25.6 Å². The van der Waals surface area contributed by atoms with Crippen LogP contribution in [-0.4, -0.2) is 18.7 Å². The van der Waals surface area contributed by atoms with E-state index in [1.54, 1.807) is 12.1 Å². The van der Waals surface area contributed by atoms with Crippen LogP contribution in [0.25, 0.3) is 0 Å². The first-order valence-corrected chi connectivity index (χ1v) is 9.72. The van der Waals surface area contributed by atoms with E-state index in [1.807, 2.05) is 60.7 Å². The van der Waals surface area contributed by atoms with Gasteiger partial charge in [0.25, 0.3) is 0 Å². The lowest BCUT2D eigenvalue weighted by Crippen LogP contribution is -2.15. The van der Waals surface area contributed by atoms with Crippen molar-refractivity contribution in [1.29, 1.82) is 0 Å². The molecule has 1 N–H and O–H groups in total. The van der Waals surface area contributed by atoms with Crippen LogP contribution >= 0.6 is 0 Å². The molecule has 0 fully saturated rings. The van der Waals surface area contributed by atoms with E-state index in [-0.39, 0.29) is 19.8 Å². The molecule has 0 radical (unpaired) electrons.